The van der Waals surface area contributed by atoms with Crippen LogP contribution in [-0.4, -0.2) is 58.8 Å². The van der Waals surface area contributed by atoms with Crippen LogP contribution in [0.3, 0.4) is 0 Å². The van der Waals surface area contributed by atoms with Crippen molar-refractivity contribution in [2.75, 3.05) is 23.3 Å². The number of alkyl halides is 3. The lowest BCUT2D eigenvalue weighted by atomic mass is 10.3. The van der Waals surface area contributed by atoms with Gasteiger partial charge in [-0.3, -0.25) is 18.7 Å². The molecule has 6 rings (SSSR count). The van der Waals surface area contributed by atoms with Crippen LogP contribution >= 0.6 is 11.3 Å². The fraction of sp³-hybridized carbons (Fsp3) is 0.458. The van der Waals surface area contributed by atoms with Crippen molar-refractivity contribution in [3.8, 4) is 10.6 Å². The highest BCUT2D eigenvalue weighted by Gasteiger charge is 2.45. The van der Waals surface area contributed by atoms with E-state index in [4.69, 9.17) is 0 Å². The third-order valence-electron chi connectivity index (χ3n) is 7.38. The van der Waals surface area contributed by atoms with Crippen molar-refractivity contribution >= 4 is 40.2 Å². The number of rotatable bonds is 7. The molecular formula is C24H24F3N9O3S. The Morgan fingerprint density at radius 3 is 2.55 bits per heavy atom. The third-order valence-corrected chi connectivity index (χ3v) is 8.27. The molecule has 16 heteroatoms. The molecule has 0 aromatic carbocycles. The number of carbonyl (C=O) groups is 1. The summed E-state index contributed by atoms with van der Waals surface area (Å²) in [5.74, 6) is 1.96. The minimum absolute atomic E-state index is 0.0386. The van der Waals surface area contributed by atoms with E-state index < -0.39 is 42.3 Å². The monoisotopic (exact) mass is 575 g/mol. The molecule has 3 atom stereocenters. The summed E-state index contributed by atoms with van der Waals surface area (Å²) >= 11 is 1.30. The van der Waals surface area contributed by atoms with Gasteiger partial charge in [-0.1, -0.05) is 0 Å². The Labute approximate surface area is 228 Å². The maximum Gasteiger partial charge on any atom is 0.390 e. The number of fused-ring (bicyclic) bond motifs is 2. The lowest BCUT2D eigenvalue weighted by Crippen LogP contribution is -2.41. The van der Waals surface area contributed by atoms with Crippen molar-refractivity contribution in [1.82, 2.24) is 33.6 Å². The maximum atomic E-state index is 13.1. The number of imidazole rings is 1. The van der Waals surface area contributed by atoms with Crippen molar-refractivity contribution in [3.05, 3.63) is 44.9 Å². The van der Waals surface area contributed by atoms with Crippen LogP contribution in [0, 0.1) is 11.8 Å². The Hall–Kier alpha value is -4.08. The number of piperidine rings is 1. The van der Waals surface area contributed by atoms with Gasteiger partial charge >= 0.3 is 11.9 Å². The zero-order valence-corrected chi connectivity index (χ0v) is 22.2. The van der Waals surface area contributed by atoms with E-state index in [1.165, 1.54) is 42.6 Å². The summed E-state index contributed by atoms with van der Waals surface area (Å²) in [6, 6.07) is -0.995. The molecule has 1 saturated heterocycles. The lowest BCUT2D eigenvalue weighted by molar-refractivity contribution is -0.137. The van der Waals surface area contributed by atoms with Gasteiger partial charge in [0.25, 0.3) is 5.56 Å². The first-order valence-electron chi connectivity index (χ1n) is 12.6. The number of amides is 1. The number of hydrogen-bond donors (Lipinski definition) is 1. The number of nitrogens with zero attached hydrogens (tertiary/aromatic N) is 8. The molecule has 1 saturated carbocycles. The molecule has 5 heterocycles. The van der Waals surface area contributed by atoms with Crippen molar-refractivity contribution in [3.63, 3.8) is 0 Å². The van der Waals surface area contributed by atoms with Crippen LogP contribution in [0.2, 0.25) is 0 Å². The molecule has 210 valence electrons. The van der Waals surface area contributed by atoms with E-state index in [9.17, 15) is 27.6 Å². The Bertz CT molecular complexity index is 1710. The van der Waals surface area contributed by atoms with E-state index in [1.807, 2.05) is 0 Å². The van der Waals surface area contributed by atoms with E-state index in [2.05, 4.69) is 30.2 Å². The molecule has 0 spiro atoms. The predicted octanol–water partition coefficient (Wildman–Crippen LogP) is 2.42. The zero-order chi connectivity index (χ0) is 28.3. The van der Waals surface area contributed by atoms with Crippen LogP contribution in [0.4, 0.5) is 24.9 Å². The molecule has 4 aromatic heterocycles. The van der Waals surface area contributed by atoms with Crippen molar-refractivity contribution in [2.24, 2.45) is 18.9 Å². The molecule has 4 aromatic rings. The van der Waals surface area contributed by atoms with Gasteiger partial charge in [0.05, 0.1) is 12.7 Å². The smallest absolute Gasteiger partial charge is 0.340 e. The van der Waals surface area contributed by atoms with E-state index in [-0.39, 0.29) is 17.0 Å². The number of hydrogen-bond acceptors (Lipinski definition) is 9. The third kappa shape index (κ3) is 4.76. The minimum atomic E-state index is -4.55. The van der Waals surface area contributed by atoms with Gasteiger partial charge in [-0.15, -0.1) is 11.3 Å². The molecule has 0 radical (unpaired) electrons. The van der Waals surface area contributed by atoms with Gasteiger partial charge in [0.15, 0.2) is 11.2 Å². The number of nitrogens with one attached hydrogen (secondary N) is 1. The van der Waals surface area contributed by atoms with Gasteiger partial charge in [-0.2, -0.15) is 13.2 Å². The lowest BCUT2D eigenvalue weighted by Gasteiger charge is -2.17. The van der Waals surface area contributed by atoms with Crippen molar-refractivity contribution in [1.29, 1.82) is 0 Å². The predicted molar refractivity (Wildman–Crippen MR) is 140 cm³/mol. The molecule has 2 aliphatic rings. The molecule has 40 heavy (non-hydrogen) atoms. The summed E-state index contributed by atoms with van der Waals surface area (Å²) < 4.78 is 41.1. The molecule has 12 nitrogen and oxygen atoms in total. The summed E-state index contributed by atoms with van der Waals surface area (Å²) in [5, 5.41) is 4.95. The van der Waals surface area contributed by atoms with Gasteiger partial charge in [0.1, 0.15) is 16.9 Å². The highest BCUT2D eigenvalue weighted by Crippen LogP contribution is 2.45. The summed E-state index contributed by atoms with van der Waals surface area (Å²) in [6.07, 6.45) is -0.00873. The van der Waals surface area contributed by atoms with Gasteiger partial charge in [-0.05, 0) is 25.2 Å². The molecule has 2 unspecified atom stereocenters. The first-order chi connectivity index (χ1) is 19.0. The van der Waals surface area contributed by atoms with Crippen LogP contribution in [0.15, 0.2) is 33.7 Å². The van der Waals surface area contributed by atoms with Crippen LogP contribution in [0.1, 0.15) is 25.8 Å². The highest BCUT2D eigenvalue weighted by atomic mass is 32.1. The highest BCUT2D eigenvalue weighted by molar-refractivity contribution is 7.13. The number of aromatic nitrogens is 7. The van der Waals surface area contributed by atoms with Crippen LogP contribution in [0.25, 0.3) is 21.7 Å². The van der Waals surface area contributed by atoms with Crippen molar-refractivity contribution < 1.29 is 18.0 Å². The van der Waals surface area contributed by atoms with Crippen LogP contribution in [0.5, 0.6) is 0 Å². The zero-order valence-electron chi connectivity index (χ0n) is 21.4. The van der Waals surface area contributed by atoms with E-state index >= 15 is 0 Å². The van der Waals surface area contributed by atoms with E-state index in [1.54, 1.807) is 17.8 Å². The summed E-state index contributed by atoms with van der Waals surface area (Å²) in [7, 11) is 1.30. The molecule has 0 bridgehead atoms. The second-order valence-corrected chi connectivity index (χ2v) is 11.0. The molecule has 1 aliphatic carbocycles. The quantitative estimate of drug-likeness (QED) is 0.355. The number of halogens is 3. The SMILES string of the molecule is C[C@@H](C(=O)Nc1csc(-c2cnc(N3CC4CC4C3)nc2)n1)n1cnc2c1c(=O)n(CCC(F)(F)F)c(=O)n2C. The maximum absolute atomic E-state index is 13.1. The fourth-order valence-electron chi connectivity index (χ4n) is 5.00. The molecular weight excluding hydrogens is 551 g/mol. The van der Waals surface area contributed by atoms with E-state index in [0.717, 1.165) is 29.5 Å². The minimum Gasteiger partial charge on any atom is -0.340 e. The average molecular weight is 576 g/mol. The second-order valence-electron chi connectivity index (χ2n) is 10.1. The molecule has 2 fully saturated rings. The average Bonchev–Trinajstić information content (AvgIpc) is 3.29. The second kappa shape index (κ2) is 9.53. The standard InChI is InChI=1S/C24H24F3N9O3S/c1-12(36-11-30-18-17(36)21(38)35(23(39)33(18)2)4-3-24(25,26)27)19(37)31-16-10-40-20(32-16)15-6-28-22(29-7-15)34-8-13-5-14(13)9-34/h6-7,10-14H,3-5,8-9H2,1-2H3,(H,31,37)/t12-,13?,14?/m0/s1. The summed E-state index contributed by atoms with van der Waals surface area (Å²) in [4.78, 5) is 58.3. The van der Waals surface area contributed by atoms with Crippen molar-refractivity contribution in [2.45, 2.75) is 38.5 Å². The summed E-state index contributed by atoms with van der Waals surface area (Å²) in [6.45, 7) is 2.63. The van der Waals surface area contributed by atoms with Crippen LogP contribution < -0.4 is 21.5 Å². The topological polar surface area (TPSA) is 133 Å². The van der Waals surface area contributed by atoms with Gasteiger partial charge in [0.2, 0.25) is 11.9 Å². The summed E-state index contributed by atoms with van der Waals surface area (Å²) in [5.41, 5.74) is -1.37. The molecule has 1 amide bonds. The Morgan fingerprint density at radius 1 is 1.18 bits per heavy atom. The van der Waals surface area contributed by atoms with Gasteiger partial charge in [0, 0.05) is 50.0 Å². The molecule has 1 aliphatic heterocycles. The Kier molecular flexibility index (Phi) is 6.23. The number of aryl methyl sites for hydroxylation is 1. The largest absolute Gasteiger partial charge is 0.390 e. The number of carbonyl (C=O) groups excluding carboxylic acids is 1. The fourth-order valence-corrected chi connectivity index (χ4v) is 5.72. The number of thiazole rings is 1. The van der Waals surface area contributed by atoms with Gasteiger partial charge in [-0.25, -0.2) is 24.7 Å². The normalized spacial score (nSPS) is 19.2. The molecule has 1 N–H and O–H groups in total. The van der Waals surface area contributed by atoms with E-state index in [0.29, 0.717) is 21.1 Å². The number of anilines is 2. The van der Waals surface area contributed by atoms with Gasteiger partial charge < -0.3 is 14.8 Å². The van der Waals surface area contributed by atoms with Crippen LogP contribution in [-0.2, 0) is 18.4 Å². The Morgan fingerprint density at radius 2 is 1.88 bits per heavy atom. The first kappa shape index (κ1) is 26.2. The Balaban J connectivity index is 1.19. The first-order valence-corrected chi connectivity index (χ1v) is 13.4.